The molecule has 4 aromatic rings. The Kier molecular flexibility index (Phi) is 14.8. The van der Waals surface area contributed by atoms with Crippen LogP contribution in [-0.4, -0.2) is 77.2 Å². The number of rotatable bonds is 10. The van der Waals surface area contributed by atoms with Crippen LogP contribution >= 0.6 is 15.9 Å². The first-order chi connectivity index (χ1) is 29.6. The fourth-order valence-electron chi connectivity index (χ4n) is 6.16. The molecule has 3 heterocycles. The average molecular weight is 945 g/mol. The van der Waals surface area contributed by atoms with Crippen molar-refractivity contribution in [2.75, 3.05) is 0 Å². The number of carbonyl (C=O) groups excluding carboxylic acids is 2. The second kappa shape index (κ2) is 18.9. The van der Waals surface area contributed by atoms with Crippen LogP contribution in [0.25, 0.3) is 0 Å². The van der Waals surface area contributed by atoms with E-state index < -0.39 is 42.2 Å². The summed E-state index contributed by atoms with van der Waals surface area (Å²) in [5.74, 6) is 1.59. The maximum Gasteiger partial charge on any atom is 0.495 e. The van der Waals surface area contributed by atoms with E-state index in [4.69, 9.17) is 37.4 Å². The highest BCUT2D eigenvalue weighted by molar-refractivity contribution is 9.10. The first-order valence-corrected chi connectivity index (χ1v) is 21.2. The summed E-state index contributed by atoms with van der Waals surface area (Å²) in [7, 11) is -1.67. The zero-order valence-electron chi connectivity index (χ0n) is 38.0. The Labute approximate surface area is 382 Å². The normalized spacial score (nSPS) is 19.4. The number of carbonyl (C=O) groups is 2. The van der Waals surface area contributed by atoms with Crippen LogP contribution in [0, 0.1) is 20.2 Å². The second-order valence-electron chi connectivity index (χ2n) is 18.3. The minimum Gasteiger partial charge on any atom is -0.457 e. The standard InChI is InChI=1S/C19H20BNO6.C13H8BrNO4.C12H24B2O4/c1-18(2)19(3,4)27-20(26-18)17-11-16(9-8-13(17)12-22)25-15-7-5-6-14(10-15)21(23)24;14-13-7-12(5-4-9(13)8-16)19-11-3-1-2-10(6-11)15(17)18;1-9(2)10(3,4)16-13(15-9)14-17-11(5,6)12(7,8)18-14/h5-12H,1-4H3;1-8H;1-8H3. The van der Waals surface area contributed by atoms with E-state index in [1.54, 1.807) is 60.7 Å². The van der Waals surface area contributed by atoms with E-state index in [0.717, 1.165) is 12.6 Å². The number of aldehydes is 2. The summed E-state index contributed by atoms with van der Waals surface area (Å²) in [5, 5.41) is 21.6. The second-order valence-corrected chi connectivity index (χ2v) is 19.1. The summed E-state index contributed by atoms with van der Waals surface area (Å²) in [6.45, 7) is 23.9. The Hall–Kier alpha value is -4.95. The minimum atomic E-state index is -0.719. The first-order valence-electron chi connectivity index (χ1n) is 20.4. The van der Waals surface area contributed by atoms with Gasteiger partial charge in [-0.3, -0.25) is 29.8 Å². The fourth-order valence-corrected chi connectivity index (χ4v) is 6.61. The molecule has 0 spiro atoms. The van der Waals surface area contributed by atoms with Gasteiger partial charge in [-0.1, -0.05) is 12.1 Å². The van der Waals surface area contributed by atoms with Crippen LogP contribution < -0.4 is 14.9 Å². The molecule has 3 aliphatic heterocycles. The molecular formula is C44H52B3BrN2O14. The van der Waals surface area contributed by atoms with Crippen LogP contribution in [0.3, 0.4) is 0 Å². The molecule has 0 N–H and O–H groups in total. The molecule has 0 aliphatic carbocycles. The van der Waals surface area contributed by atoms with Crippen LogP contribution in [0.15, 0.2) is 89.4 Å². The lowest BCUT2D eigenvalue weighted by Crippen LogP contribution is -2.41. The fraction of sp³-hybridized carbons (Fsp3) is 0.409. The van der Waals surface area contributed by atoms with Gasteiger partial charge in [0.15, 0.2) is 6.29 Å². The van der Waals surface area contributed by atoms with E-state index in [9.17, 15) is 29.8 Å². The molecule has 3 fully saturated rings. The SMILES string of the molecule is CC1(C)OB(B2OC(C)(C)C(C)(C)O2)OC1(C)C.CC1(C)OB(c2cc(Oc3cccc([N+](=O)[O-])c3)ccc2C=O)OC1(C)C.O=Cc1ccc(Oc2cccc([N+](=O)[O-])c2)cc1Br. The Morgan fingerprint density at radius 2 is 0.844 bits per heavy atom. The lowest BCUT2D eigenvalue weighted by atomic mass is 9.49. The summed E-state index contributed by atoms with van der Waals surface area (Å²) in [6.07, 6.45) is 1.46. The Morgan fingerprint density at radius 1 is 0.500 bits per heavy atom. The van der Waals surface area contributed by atoms with Gasteiger partial charge < -0.3 is 37.4 Å². The van der Waals surface area contributed by atoms with Crippen LogP contribution in [0.2, 0.25) is 0 Å². The number of benzene rings is 4. The average Bonchev–Trinajstić information content (AvgIpc) is 3.67. The van der Waals surface area contributed by atoms with Crippen molar-refractivity contribution >= 4 is 66.5 Å². The molecule has 0 radical (unpaired) electrons. The highest BCUT2D eigenvalue weighted by atomic mass is 79.9. The maximum absolute atomic E-state index is 11.5. The number of nitrogens with zero attached hydrogens (tertiary/aromatic N) is 2. The van der Waals surface area contributed by atoms with Gasteiger partial charge in [0.2, 0.25) is 0 Å². The van der Waals surface area contributed by atoms with Gasteiger partial charge in [0, 0.05) is 27.7 Å². The maximum atomic E-state index is 11.5. The summed E-state index contributed by atoms with van der Waals surface area (Å²) >= 11 is 3.24. The molecule has 20 heteroatoms. The molecule has 7 rings (SSSR count). The van der Waals surface area contributed by atoms with Gasteiger partial charge in [-0.2, -0.15) is 0 Å². The quantitative estimate of drug-likeness (QED) is 0.0631. The van der Waals surface area contributed by atoms with Crippen LogP contribution in [0.4, 0.5) is 11.4 Å². The van der Waals surface area contributed by atoms with Crippen LogP contribution in [-0.2, 0) is 27.9 Å². The van der Waals surface area contributed by atoms with Gasteiger partial charge in [-0.15, -0.1) is 0 Å². The van der Waals surface area contributed by atoms with Crippen molar-refractivity contribution in [1.82, 2.24) is 0 Å². The number of hydrogen-bond donors (Lipinski definition) is 0. The lowest BCUT2D eigenvalue weighted by Gasteiger charge is -2.32. The van der Waals surface area contributed by atoms with Crippen LogP contribution in [0.5, 0.6) is 23.0 Å². The van der Waals surface area contributed by atoms with E-state index in [2.05, 4.69) is 15.9 Å². The number of non-ortho nitro benzene ring substituents is 2. The minimum absolute atomic E-state index is 0.0407. The first kappa shape index (κ1) is 50.1. The third kappa shape index (κ3) is 11.3. The molecule has 0 unspecified atom stereocenters. The van der Waals surface area contributed by atoms with E-state index in [1.807, 2.05) is 83.1 Å². The summed E-state index contributed by atoms with van der Waals surface area (Å²) < 4.78 is 47.7. The van der Waals surface area contributed by atoms with Gasteiger partial charge in [-0.05, 0) is 153 Å². The predicted molar refractivity (Wildman–Crippen MR) is 246 cm³/mol. The van der Waals surface area contributed by atoms with E-state index >= 15 is 0 Å². The van der Waals surface area contributed by atoms with Gasteiger partial charge >= 0.3 is 21.1 Å². The molecule has 64 heavy (non-hydrogen) atoms. The molecule has 0 saturated carbocycles. The van der Waals surface area contributed by atoms with Gasteiger partial charge in [0.1, 0.15) is 29.3 Å². The lowest BCUT2D eigenvalue weighted by molar-refractivity contribution is -0.385. The third-order valence-electron chi connectivity index (χ3n) is 12.1. The number of ether oxygens (including phenoxy) is 2. The molecule has 4 aromatic carbocycles. The number of halogens is 1. The van der Waals surface area contributed by atoms with Crippen molar-refractivity contribution in [1.29, 1.82) is 0 Å². The smallest absolute Gasteiger partial charge is 0.457 e. The van der Waals surface area contributed by atoms with Gasteiger partial charge in [0.05, 0.1) is 55.6 Å². The molecule has 3 saturated heterocycles. The van der Waals surface area contributed by atoms with Crippen molar-refractivity contribution < 1.29 is 56.8 Å². The van der Waals surface area contributed by atoms with Crippen molar-refractivity contribution in [3.8, 4) is 23.0 Å². The molecule has 338 valence electrons. The summed E-state index contributed by atoms with van der Waals surface area (Å²) in [5.41, 5.74) is -1.16. The number of nitro groups is 2. The molecule has 0 aromatic heterocycles. The van der Waals surface area contributed by atoms with Gasteiger partial charge in [-0.25, -0.2) is 0 Å². The molecular weight excluding hydrogens is 893 g/mol. The topological polar surface area (TPSA) is 194 Å². The van der Waals surface area contributed by atoms with Crippen molar-refractivity contribution in [3.05, 3.63) is 121 Å². The zero-order chi connectivity index (χ0) is 47.6. The summed E-state index contributed by atoms with van der Waals surface area (Å²) in [6, 6.07) is 21.5. The van der Waals surface area contributed by atoms with Crippen molar-refractivity contribution in [2.45, 2.75) is 117 Å². The molecule has 0 atom stereocenters. The molecule has 0 amide bonds. The largest absolute Gasteiger partial charge is 0.495 e. The van der Waals surface area contributed by atoms with Gasteiger partial charge in [0.25, 0.3) is 11.4 Å². The number of nitro benzene ring substituents is 2. The molecule has 16 nitrogen and oxygen atoms in total. The third-order valence-corrected chi connectivity index (χ3v) is 12.8. The molecule has 0 bridgehead atoms. The van der Waals surface area contributed by atoms with Crippen LogP contribution in [0.1, 0.15) is 104 Å². The van der Waals surface area contributed by atoms with Crippen molar-refractivity contribution in [2.24, 2.45) is 0 Å². The molecule has 3 aliphatic rings. The number of hydrogen-bond acceptors (Lipinski definition) is 14. The van der Waals surface area contributed by atoms with E-state index in [1.165, 1.54) is 24.3 Å². The summed E-state index contributed by atoms with van der Waals surface area (Å²) in [4.78, 5) is 42.7. The monoisotopic (exact) mass is 944 g/mol. The Bertz CT molecular complexity index is 2310. The Balaban J connectivity index is 0.000000186. The zero-order valence-corrected chi connectivity index (χ0v) is 39.5. The van der Waals surface area contributed by atoms with E-state index in [0.29, 0.717) is 44.1 Å². The highest BCUT2D eigenvalue weighted by Crippen LogP contribution is 2.43. The predicted octanol–water partition coefficient (Wildman–Crippen LogP) is 9.71. The van der Waals surface area contributed by atoms with E-state index in [-0.39, 0.29) is 33.8 Å². The Morgan fingerprint density at radius 3 is 1.20 bits per heavy atom. The highest BCUT2D eigenvalue weighted by Gasteiger charge is 2.63. The van der Waals surface area contributed by atoms with Crippen molar-refractivity contribution in [3.63, 3.8) is 0 Å².